The molecule has 216 valence electrons. The standard InChI is InChI=1S/C32H32FN5O4/c1-6-24(40)36-12-13-37(19(5)15-36)31-21-14-23-26(25-20(16-42-23)8-7-9-22(25)39)27(33)30(21)38(32(41)35-31)29-18(4)10-11-34-28(29)17(2)3/h6-11,14,17,19,39H,1,12-13,15-16H2,2-5H3/t19-/m0/s1. The summed E-state index contributed by atoms with van der Waals surface area (Å²) in [5.74, 6) is -0.444. The molecule has 0 bridgehead atoms. The number of amides is 1. The highest BCUT2D eigenvalue weighted by molar-refractivity contribution is 5.98. The van der Waals surface area contributed by atoms with E-state index in [-0.39, 0.29) is 47.1 Å². The Morgan fingerprint density at radius 3 is 2.74 bits per heavy atom. The second kappa shape index (κ2) is 10.3. The molecule has 4 aromatic rings. The number of nitrogens with zero attached hydrogens (tertiary/aromatic N) is 5. The Hall–Kier alpha value is -4.73. The molecular formula is C32H32FN5O4. The molecule has 0 saturated carbocycles. The minimum absolute atomic E-state index is 0.0262. The van der Waals surface area contributed by atoms with Crippen LogP contribution in [-0.2, 0) is 11.4 Å². The molecule has 1 atom stereocenters. The summed E-state index contributed by atoms with van der Waals surface area (Å²) >= 11 is 0. The first kappa shape index (κ1) is 27.4. The third-order valence-corrected chi connectivity index (χ3v) is 8.13. The minimum atomic E-state index is -0.697. The fourth-order valence-electron chi connectivity index (χ4n) is 6.11. The third kappa shape index (κ3) is 4.20. The number of hydrogen-bond acceptors (Lipinski definition) is 7. The monoisotopic (exact) mass is 569 g/mol. The number of carbonyl (C=O) groups excluding carboxylic acids is 1. The van der Waals surface area contributed by atoms with E-state index < -0.39 is 11.5 Å². The molecule has 2 aromatic carbocycles. The van der Waals surface area contributed by atoms with Gasteiger partial charge in [-0.3, -0.25) is 14.3 Å². The summed E-state index contributed by atoms with van der Waals surface area (Å²) in [4.78, 5) is 39.1. The molecule has 0 radical (unpaired) electrons. The zero-order valence-corrected chi connectivity index (χ0v) is 24.0. The summed E-state index contributed by atoms with van der Waals surface area (Å²) in [5.41, 5.74) is 2.30. The van der Waals surface area contributed by atoms with Crippen LogP contribution in [0.1, 0.15) is 43.5 Å². The zero-order chi connectivity index (χ0) is 29.9. The molecule has 0 aliphatic carbocycles. The molecule has 0 unspecified atom stereocenters. The highest BCUT2D eigenvalue weighted by atomic mass is 19.1. The van der Waals surface area contributed by atoms with Gasteiger partial charge < -0.3 is 19.6 Å². The van der Waals surface area contributed by atoms with Crippen LogP contribution in [0.4, 0.5) is 10.2 Å². The van der Waals surface area contributed by atoms with Crippen LogP contribution in [0.2, 0.25) is 0 Å². The number of benzene rings is 2. The fraction of sp³-hybridized carbons (Fsp3) is 0.312. The number of anilines is 1. The van der Waals surface area contributed by atoms with Gasteiger partial charge in [-0.15, -0.1) is 0 Å². The molecular weight excluding hydrogens is 537 g/mol. The Bertz CT molecular complexity index is 1830. The molecule has 42 heavy (non-hydrogen) atoms. The van der Waals surface area contributed by atoms with Crippen molar-refractivity contribution in [1.82, 2.24) is 19.4 Å². The summed E-state index contributed by atoms with van der Waals surface area (Å²) in [7, 11) is 0. The second-order valence-electron chi connectivity index (χ2n) is 11.2. The van der Waals surface area contributed by atoms with Crippen molar-refractivity contribution in [2.45, 2.75) is 46.3 Å². The van der Waals surface area contributed by atoms with Crippen molar-refractivity contribution in [2.75, 3.05) is 24.5 Å². The number of hydrogen-bond donors (Lipinski definition) is 1. The number of phenols is 1. The molecule has 0 spiro atoms. The van der Waals surface area contributed by atoms with Crippen molar-refractivity contribution in [3.8, 4) is 28.3 Å². The van der Waals surface area contributed by atoms with Crippen molar-refractivity contribution in [3.63, 3.8) is 0 Å². The number of phenolic OH excluding ortho intramolecular Hbond substituents is 1. The Kier molecular flexibility index (Phi) is 6.71. The maximum atomic E-state index is 17.2. The molecule has 2 aliphatic heterocycles. The van der Waals surface area contributed by atoms with Gasteiger partial charge in [-0.1, -0.05) is 32.6 Å². The Morgan fingerprint density at radius 2 is 2.02 bits per heavy atom. The van der Waals surface area contributed by atoms with E-state index in [1.54, 1.807) is 35.4 Å². The predicted octanol–water partition coefficient (Wildman–Crippen LogP) is 4.84. The van der Waals surface area contributed by atoms with Gasteiger partial charge in [-0.25, -0.2) is 9.18 Å². The minimum Gasteiger partial charge on any atom is -0.507 e. The van der Waals surface area contributed by atoms with Crippen molar-refractivity contribution in [1.29, 1.82) is 0 Å². The van der Waals surface area contributed by atoms with E-state index in [9.17, 15) is 14.7 Å². The Balaban J connectivity index is 1.69. The lowest BCUT2D eigenvalue weighted by atomic mass is 9.93. The lowest BCUT2D eigenvalue weighted by Gasteiger charge is -2.40. The molecule has 4 heterocycles. The summed E-state index contributed by atoms with van der Waals surface area (Å²) in [5, 5.41) is 11.2. The van der Waals surface area contributed by atoms with Crippen LogP contribution in [0, 0.1) is 12.7 Å². The van der Waals surface area contributed by atoms with E-state index in [1.165, 1.54) is 16.7 Å². The molecule has 9 nitrogen and oxygen atoms in total. The van der Waals surface area contributed by atoms with Crippen LogP contribution in [0.3, 0.4) is 0 Å². The van der Waals surface area contributed by atoms with Gasteiger partial charge in [0.2, 0.25) is 5.91 Å². The van der Waals surface area contributed by atoms with Gasteiger partial charge in [-0.05, 0) is 49.6 Å². The van der Waals surface area contributed by atoms with Gasteiger partial charge in [-0.2, -0.15) is 4.98 Å². The van der Waals surface area contributed by atoms with Gasteiger partial charge in [0.15, 0.2) is 5.82 Å². The first-order chi connectivity index (χ1) is 20.1. The molecule has 2 aromatic heterocycles. The number of fused-ring (bicyclic) bond motifs is 4. The van der Waals surface area contributed by atoms with Gasteiger partial charge >= 0.3 is 5.69 Å². The predicted molar refractivity (Wildman–Crippen MR) is 159 cm³/mol. The number of carbonyl (C=O) groups is 1. The van der Waals surface area contributed by atoms with Gasteiger partial charge in [0.25, 0.3) is 0 Å². The van der Waals surface area contributed by atoms with Crippen molar-refractivity contribution >= 4 is 22.6 Å². The van der Waals surface area contributed by atoms with Crippen LogP contribution in [0.25, 0.3) is 27.7 Å². The first-order valence-corrected chi connectivity index (χ1v) is 14.0. The van der Waals surface area contributed by atoms with Crippen molar-refractivity contribution < 1.29 is 19.0 Å². The number of ether oxygens (including phenoxy) is 1. The number of halogens is 1. The van der Waals surface area contributed by atoms with Crippen molar-refractivity contribution in [2.24, 2.45) is 0 Å². The molecule has 1 amide bonds. The lowest BCUT2D eigenvalue weighted by Crippen LogP contribution is -2.54. The topological polar surface area (TPSA) is 101 Å². The van der Waals surface area contributed by atoms with E-state index in [0.717, 1.165) is 5.56 Å². The SMILES string of the molecule is C=CC(=O)N1CCN(c2nc(=O)n(-c3c(C)ccnc3C(C)C)c3c(F)c4c(cc23)OCc2cccc(O)c2-4)[C@@H](C)C1. The van der Waals surface area contributed by atoms with Crippen LogP contribution in [0.15, 0.2) is 54.0 Å². The van der Waals surface area contributed by atoms with Crippen LogP contribution in [0.5, 0.6) is 11.5 Å². The van der Waals surface area contributed by atoms with E-state index in [0.29, 0.717) is 53.3 Å². The van der Waals surface area contributed by atoms with Gasteiger partial charge in [0.1, 0.15) is 23.9 Å². The zero-order valence-electron chi connectivity index (χ0n) is 24.0. The van der Waals surface area contributed by atoms with E-state index in [4.69, 9.17) is 4.74 Å². The average molecular weight is 570 g/mol. The molecule has 1 N–H and O–H groups in total. The number of piperazine rings is 1. The molecule has 1 saturated heterocycles. The maximum absolute atomic E-state index is 17.2. The highest BCUT2D eigenvalue weighted by Gasteiger charge is 2.33. The Labute approximate surface area is 242 Å². The maximum Gasteiger partial charge on any atom is 0.354 e. The van der Waals surface area contributed by atoms with Crippen molar-refractivity contribution in [3.05, 3.63) is 82.3 Å². The van der Waals surface area contributed by atoms with Crippen LogP contribution in [-0.4, -0.2) is 56.1 Å². The van der Waals surface area contributed by atoms with E-state index in [2.05, 4.69) is 16.5 Å². The fourth-order valence-corrected chi connectivity index (χ4v) is 6.11. The third-order valence-electron chi connectivity index (χ3n) is 8.13. The molecule has 10 heteroatoms. The summed E-state index contributed by atoms with van der Waals surface area (Å²) in [6.07, 6.45) is 2.96. The number of rotatable bonds is 4. The largest absolute Gasteiger partial charge is 0.507 e. The lowest BCUT2D eigenvalue weighted by molar-refractivity contribution is -0.126. The molecule has 6 rings (SSSR count). The second-order valence-corrected chi connectivity index (χ2v) is 11.2. The quantitative estimate of drug-likeness (QED) is 0.351. The summed E-state index contributed by atoms with van der Waals surface area (Å²) < 4.78 is 24.5. The van der Waals surface area contributed by atoms with Crippen LogP contribution >= 0.6 is 0 Å². The van der Waals surface area contributed by atoms with Gasteiger partial charge in [0, 0.05) is 48.4 Å². The van der Waals surface area contributed by atoms with E-state index >= 15 is 4.39 Å². The highest BCUT2D eigenvalue weighted by Crippen LogP contribution is 2.47. The number of aromatic hydroxyl groups is 1. The Morgan fingerprint density at radius 1 is 1.24 bits per heavy atom. The van der Waals surface area contributed by atoms with Crippen LogP contribution < -0.4 is 15.3 Å². The van der Waals surface area contributed by atoms with E-state index in [1.807, 2.05) is 32.6 Å². The number of pyridine rings is 1. The molecule has 1 fully saturated rings. The first-order valence-electron chi connectivity index (χ1n) is 14.0. The normalized spacial score (nSPS) is 16.3. The smallest absolute Gasteiger partial charge is 0.354 e. The van der Waals surface area contributed by atoms with Gasteiger partial charge in [0.05, 0.1) is 22.5 Å². The number of aryl methyl sites for hydroxylation is 1. The summed E-state index contributed by atoms with van der Waals surface area (Å²) in [6.45, 7) is 12.6. The molecule has 2 aliphatic rings. The number of aromatic nitrogens is 3. The summed E-state index contributed by atoms with van der Waals surface area (Å²) in [6, 6.07) is 8.24. The average Bonchev–Trinajstić information content (AvgIpc) is 2.97.